The van der Waals surface area contributed by atoms with Gasteiger partial charge in [-0.2, -0.15) is 13.2 Å². The van der Waals surface area contributed by atoms with Gasteiger partial charge in [0, 0.05) is 6.54 Å². The highest BCUT2D eigenvalue weighted by Crippen LogP contribution is 2.30. The van der Waals surface area contributed by atoms with Crippen LogP contribution >= 0.6 is 12.4 Å². The van der Waals surface area contributed by atoms with Crippen molar-refractivity contribution in [1.82, 2.24) is 0 Å². The first kappa shape index (κ1) is 16.9. The van der Waals surface area contributed by atoms with E-state index >= 15 is 0 Å². The number of hydrogen-bond donors (Lipinski definition) is 1. The van der Waals surface area contributed by atoms with Crippen molar-refractivity contribution in [3.05, 3.63) is 47.0 Å². The van der Waals surface area contributed by atoms with E-state index in [-0.39, 0.29) is 30.9 Å². The van der Waals surface area contributed by atoms with Gasteiger partial charge >= 0.3 is 6.18 Å². The topological polar surface area (TPSA) is 26.0 Å². The molecule has 18 heavy (non-hydrogen) atoms. The zero-order chi connectivity index (χ0) is 13.1. The van der Waals surface area contributed by atoms with Gasteiger partial charge in [0.05, 0.1) is 5.56 Å². The molecule has 0 aromatic heterocycles. The van der Waals surface area contributed by atoms with Crippen molar-refractivity contribution in [2.75, 3.05) is 6.54 Å². The molecule has 0 aliphatic heterocycles. The van der Waals surface area contributed by atoms with Crippen LogP contribution in [0.3, 0.4) is 0 Å². The predicted octanol–water partition coefficient (Wildman–Crippen LogP) is 3.62. The largest absolute Gasteiger partial charge is 0.416 e. The third-order valence-electron chi connectivity index (χ3n) is 2.04. The molecule has 0 aliphatic carbocycles. The zero-order valence-electron chi connectivity index (χ0n) is 9.10. The SMILES string of the molecule is Cl.NC/C(F)=C/Cc1cc(F)cc(C(F)(F)F)c1. The standard InChI is InChI=1S/C11H10F5N.ClH/c12-9(6-17)2-1-7-3-8(11(14,15)16)5-10(13)4-7;/h2-5H,1,6,17H2;1H/b9-2-;. The smallest absolute Gasteiger partial charge is 0.325 e. The Morgan fingerprint density at radius 1 is 1.22 bits per heavy atom. The summed E-state index contributed by atoms with van der Waals surface area (Å²) in [6.07, 6.45) is -3.73. The first-order chi connectivity index (χ1) is 7.82. The molecule has 0 radical (unpaired) electrons. The van der Waals surface area contributed by atoms with Crippen molar-refractivity contribution in [3.63, 3.8) is 0 Å². The molecule has 0 atom stereocenters. The molecular formula is C11H11ClF5N. The first-order valence-corrected chi connectivity index (χ1v) is 4.74. The van der Waals surface area contributed by atoms with Gasteiger partial charge in [-0.05, 0) is 36.3 Å². The number of alkyl halides is 3. The van der Waals surface area contributed by atoms with Crippen molar-refractivity contribution in [2.24, 2.45) is 5.73 Å². The second-order valence-corrected chi connectivity index (χ2v) is 3.41. The van der Waals surface area contributed by atoms with Crippen LogP contribution in [0.1, 0.15) is 11.1 Å². The highest BCUT2D eigenvalue weighted by atomic mass is 35.5. The summed E-state index contributed by atoms with van der Waals surface area (Å²) in [5.41, 5.74) is 3.92. The lowest BCUT2D eigenvalue weighted by Crippen LogP contribution is -2.06. The van der Waals surface area contributed by atoms with Crippen molar-refractivity contribution >= 4 is 12.4 Å². The lowest BCUT2D eigenvalue weighted by Gasteiger charge is -2.08. The number of rotatable bonds is 3. The number of halogens is 6. The molecule has 102 valence electrons. The van der Waals surface area contributed by atoms with Crippen LogP contribution in [0.5, 0.6) is 0 Å². The zero-order valence-corrected chi connectivity index (χ0v) is 9.92. The molecule has 0 heterocycles. The van der Waals surface area contributed by atoms with E-state index in [1.165, 1.54) is 0 Å². The molecule has 2 N–H and O–H groups in total. The minimum absolute atomic E-state index is 0. The molecule has 0 spiro atoms. The van der Waals surface area contributed by atoms with Gasteiger partial charge < -0.3 is 5.73 Å². The molecule has 0 bridgehead atoms. The Balaban J connectivity index is 0.00000289. The monoisotopic (exact) mass is 287 g/mol. The van der Waals surface area contributed by atoms with E-state index in [1.807, 2.05) is 0 Å². The van der Waals surface area contributed by atoms with Crippen LogP contribution in [0, 0.1) is 5.82 Å². The number of nitrogens with two attached hydrogens (primary N) is 1. The molecular weight excluding hydrogens is 277 g/mol. The summed E-state index contributed by atoms with van der Waals surface area (Å²) in [4.78, 5) is 0. The Morgan fingerprint density at radius 3 is 2.33 bits per heavy atom. The maximum atomic E-state index is 12.9. The fraction of sp³-hybridized carbons (Fsp3) is 0.273. The van der Waals surface area contributed by atoms with Crippen molar-refractivity contribution < 1.29 is 22.0 Å². The summed E-state index contributed by atoms with van der Waals surface area (Å²) in [6, 6.07) is 2.10. The van der Waals surface area contributed by atoms with Gasteiger partial charge in [0.1, 0.15) is 11.6 Å². The van der Waals surface area contributed by atoms with E-state index in [0.717, 1.165) is 18.2 Å². The summed E-state index contributed by atoms with van der Waals surface area (Å²) in [5, 5.41) is 0. The minimum Gasteiger partial charge on any atom is -0.325 e. The van der Waals surface area contributed by atoms with E-state index in [9.17, 15) is 22.0 Å². The molecule has 0 saturated carbocycles. The van der Waals surface area contributed by atoms with Gasteiger partial charge in [-0.1, -0.05) is 0 Å². The predicted molar refractivity (Wildman–Crippen MR) is 60.6 cm³/mol. The summed E-state index contributed by atoms with van der Waals surface area (Å²) >= 11 is 0. The third kappa shape index (κ3) is 5.01. The first-order valence-electron chi connectivity index (χ1n) is 4.74. The van der Waals surface area contributed by atoms with Crippen LogP contribution in [0.15, 0.2) is 30.1 Å². The van der Waals surface area contributed by atoms with Crippen LogP contribution in [0.2, 0.25) is 0 Å². The van der Waals surface area contributed by atoms with E-state index in [2.05, 4.69) is 0 Å². The Labute approximate surface area is 107 Å². The quantitative estimate of drug-likeness (QED) is 0.844. The summed E-state index contributed by atoms with van der Waals surface area (Å²) < 4.78 is 62.6. The van der Waals surface area contributed by atoms with Gasteiger partial charge in [0.25, 0.3) is 0 Å². The molecule has 0 amide bonds. The van der Waals surface area contributed by atoms with E-state index < -0.39 is 23.4 Å². The Bertz CT molecular complexity index is 428. The highest BCUT2D eigenvalue weighted by Gasteiger charge is 2.31. The maximum Gasteiger partial charge on any atom is 0.416 e. The van der Waals surface area contributed by atoms with Gasteiger partial charge in [-0.25, -0.2) is 8.78 Å². The fourth-order valence-electron chi connectivity index (χ4n) is 1.24. The highest BCUT2D eigenvalue weighted by molar-refractivity contribution is 5.85. The van der Waals surface area contributed by atoms with Gasteiger partial charge in [0.2, 0.25) is 0 Å². The van der Waals surface area contributed by atoms with Crippen molar-refractivity contribution in [1.29, 1.82) is 0 Å². The van der Waals surface area contributed by atoms with E-state index in [4.69, 9.17) is 5.73 Å². The average Bonchev–Trinajstić information content (AvgIpc) is 2.24. The van der Waals surface area contributed by atoms with Gasteiger partial charge in [-0.3, -0.25) is 0 Å². The van der Waals surface area contributed by atoms with Crippen LogP contribution < -0.4 is 5.73 Å². The molecule has 0 fully saturated rings. The molecule has 1 rings (SSSR count). The Kier molecular flexibility index (Phi) is 6.28. The number of allylic oxidation sites excluding steroid dienone is 1. The lowest BCUT2D eigenvalue weighted by atomic mass is 10.1. The Morgan fingerprint density at radius 2 is 1.83 bits per heavy atom. The summed E-state index contributed by atoms with van der Waals surface area (Å²) in [6.45, 7) is -0.332. The fourth-order valence-corrected chi connectivity index (χ4v) is 1.24. The number of benzene rings is 1. The third-order valence-corrected chi connectivity index (χ3v) is 2.04. The molecule has 7 heteroatoms. The lowest BCUT2D eigenvalue weighted by molar-refractivity contribution is -0.137. The van der Waals surface area contributed by atoms with Crippen LogP contribution in [0.25, 0.3) is 0 Å². The molecule has 1 nitrogen and oxygen atoms in total. The summed E-state index contributed by atoms with van der Waals surface area (Å²) in [7, 11) is 0. The van der Waals surface area contributed by atoms with Crippen molar-refractivity contribution in [2.45, 2.75) is 12.6 Å². The summed E-state index contributed by atoms with van der Waals surface area (Å²) in [5.74, 6) is -1.65. The Hall–Kier alpha value is -1.14. The molecule has 0 unspecified atom stereocenters. The average molecular weight is 288 g/mol. The van der Waals surface area contributed by atoms with Crippen LogP contribution in [-0.4, -0.2) is 6.54 Å². The number of hydrogen-bond acceptors (Lipinski definition) is 1. The molecule has 0 saturated heterocycles. The van der Waals surface area contributed by atoms with Crippen LogP contribution in [-0.2, 0) is 12.6 Å². The van der Waals surface area contributed by atoms with Crippen LogP contribution in [0.4, 0.5) is 22.0 Å². The second-order valence-electron chi connectivity index (χ2n) is 3.41. The van der Waals surface area contributed by atoms with Crippen molar-refractivity contribution in [3.8, 4) is 0 Å². The molecule has 1 aromatic carbocycles. The molecule has 0 aliphatic rings. The maximum absolute atomic E-state index is 12.9. The molecule has 1 aromatic rings. The second kappa shape index (κ2) is 6.70. The minimum atomic E-state index is -4.62. The van der Waals surface area contributed by atoms with Gasteiger partial charge in [0.15, 0.2) is 0 Å². The normalized spacial score (nSPS) is 12.2. The van der Waals surface area contributed by atoms with E-state index in [0.29, 0.717) is 6.07 Å². The van der Waals surface area contributed by atoms with E-state index in [1.54, 1.807) is 0 Å². The van der Waals surface area contributed by atoms with Gasteiger partial charge in [-0.15, -0.1) is 12.4 Å².